The molecule has 4 aromatic rings. The van der Waals surface area contributed by atoms with Gasteiger partial charge in [-0.05, 0) is 42.3 Å². The van der Waals surface area contributed by atoms with Crippen LogP contribution in [-0.4, -0.2) is 10.9 Å². The summed E-state index contributed by atoms with van der Waals surface area (Å²) in [6, 6.07) is 23.7. The summed E-state index contributed by atoms with van der Waals surface area (Å²) in [5.74, 6) is -0.533. The molecule has 0 aliphatic rings. The van der Waals surface area contributed by atoms with Crippen molar-refractivity contribution in [1.82, 2.24) is 4.98 Å². The van der Waals surface area contributed by atoms with Gasteiger partial charge in [0.25, 0.3) is 0 Å². The lowest BCUT2D eigenvalue weighted by Gasteiger charge is -2.15. The molecule has 31 heavy (non-hydrogen) atoms. The average molecular weight is 432 g/mol. The lowest BCUT2D eigenvalue weighted by atomic mass is 9.95. The molecule has 1 unspecified atom stereocenters. The number of halogens is 1. The Morgan fingerprint density at radius 3 is 2.55 bits per heavy atom. The molecule has 4 nitrogen and oxygen atoms in total. The topological polar surface area (TPSA) is 54.0 Å². The number of carbonyl (C=O) groups excluding carboxylic acids is 1. The van der Waals surface area contributed by atoms with E-state index in [4.69, 9.17) is 0 Å². The summed E-state index contributed by atoms with van der Waals surface area (Å²) < 4.78 is 13.4. The van der Waals surface area contributed by atoms with Gasteiger partial charge in [0.05, 0.1) is 11.6 Å². The maximum absolute atomic E-state index is 13.4. The van der Waals surface area contributed by atoms with Gasteiger partial charge < -0.3 is 10.6 Å². The Labute approximate surface area is 184 Å². The highest BCUT2D eigenvalue weighted by atomic mass is 32.1. The maximum Gasteiger partial charge on any atom is 0.231 e. The molecule has 0 saturated carbocycles. The maximum atomic E-state index is 13.4. The van der Waals surface area contributed by atoms with Crippen LogP contribution in [0.2, 0.25) is 0 Å². The van der Waals surface area contributed by atoms with Crippen LogP contribution in [0.3, 0.4) is 0 Å². The van der Waals surface area contributed by atoms with E-state index in [-0.39, 0.29) is 17.6 Å². The van der Waals surface area contributed by atoms with Gasteiger partial charge >= 0.3 is 0 Å². The van der Waals surface area contributed by atoms with E-state index >= 15 is 0 Å². The largest absolute Gasteiger partial charge is 0.331 e. The molecular formula is C25H22FN3OS. The Bertz CT molecular complexity index is 1180. The molecule has 6 heteroatoms. The fourth-order valence-electron chi connectivity index (χ4n) is 3.40. The second-order valence-corrected chi connectivity index (χ2v) is 7.97. The van der Waals surface area contributed by atoms with Crippen LogP contribution in [0.15, 0.2) is 84.2 Å². The second-order valence-electron chi connectivity index (χ2n) is 7.11. The molecule has 3 aromatic carbocycles. The zero-order chi connectivity index (χ0) is 21.6. The van der Waals surface area contributed by atoms with Crippen molar-refractivity contribution in [2.75, 3.05) is 10.6 Å². The normalized spacial score (nSPS) is 11.7. The molecule has 0 aliphatic carbocycles. The van der Waals surface area contributed by atoms with Crippen molar-refractivity contribution in [1.29, 1.82) is 0 Å². The number of anilines is 3. The number of amides is 1. The third-order valence-electron chi connectivity index (χ3n) is 4.93. The van der Waals surface area contributed by atoms with Crippen LogP contribution < -0.4 is 10.6 Å². The first-order valence-corrected chi connectivity index (χ1v) is 10.9. The Hall–Kier alpha value is -3.51. The molecule has 0 aliphatic heterocycles. The van der Waals surface area contributed by atoms with E-state index in [2.05, 4.69) is 15.6 Å². The first-order chi connectivity index (χ1) is 15.1. The Balaban J connectivity index is 1.48. The van der Waals surface area contributed by atoms with Gasteiger partial charge in [-0.1, -0.05) is 55.5 Å². The number of rotatable bonds is 7. The van der Waals surface area contributed by atoms with Crippen molar-refractivity contribution in [3.05, 3.63) is 95.6 Å². The minimum atomic E-state index is -0.300. The van der Waals surface area contributed by atoms with Crippen molar-refractivity contribution in [3.8, 4) is 11.3 Å². The molecule has 0 saturated heterocycles. The summed E-state index contributed by atoms with van der Waals surface area (Å²) in [6.07, 6.45) is 0.719. The zero-order valence-electron chi connectivity index (χ0n) is 17.0. The van der Waals surface area contributed by atoms with Crippen molar-refractivity contribution < 1.29 is 9.18 Å². The quantitative estimate of drug-likeness (QED) is 0.337. The molecular weight excluding hydrogens is 409 g/mol. The average Bonchev–Trinajstić information content (AvgIpc) is 3.24. The molecule has 1 atom stereocenters. The van der Waals surface area contributed by atoms with E-state index in [9.17, 15) is 9.18 Å². The number of thiazole rings is 1. The highest BCUT2D eigenvalue weighted by Crippen LogP contribution is 2.29. The van der Waals surface area contributed by atoms with Crippen LogP contribution in [-0.2, 0) is 4.79 Å². The summed E-state index contributed by atoms with van der Waals surface area (Å²) in [5, 5.41) is 8.76. The predicted octanol–water partition coefficient (Wildman–Crippen LogP) is 6.83. The number of hydrogen-bond donors (Lipinski definition) is 2. The van der Waals surface area contributed by atoms with E-state index in [0.29, 0.717) is 10.8 Å². The molecule has 156 valence electrons. The number of aromatic nitrogens is 1. The van der Waals surface area contributed by atoms with Gasteiger partial charge in [-0.15, -0.1) is 11.3 Å². The second kappa shape index (κ2) is 9.53. The highest BCUT2D eigenvalue weighted by Gasteiger charge is 2.18. The molecule has 0 fully saturated rings. The fourth-order valence-corrected chi connectivity index (χ4v) is 4.14. The summed E-state index contributed by atoms with van der Waals surface area (Å²) in [4.78, 5) is 17.5. The molecule has 2 N–H and O–H groups in total. The SMILES string of the molecule is CCC(C(=O)Nc1cccc(-c2csc(Nc3cccc(F)c3)n2)c1)c1ccccc1. The predicted molar refractivity (Wildman–Crippen MR) is 125 cm³/mol. The standard InChI is InChI=1S/C25H22FN3OS/c1-2-22(17-8-4-3-5-9-17)24(30)27-20-12-6-10-18(14-20)23-16-31-25(29-23)28-21-13-7-11-19(26)15-21/h3-16,22H,2H2,1H3,(H,27,30)(H,28,29). The summed E-state index contributed by atoms with van der Waals surface area (Å²) in [5.41, 5.74) is 4.06. The van der Waals surface area contributed by atoms with E-state index in [1.165, 1.54) is 23.5 Å². The monoisotopic (exact) mass is 431 g/mol. The fraction of sp³-hybridized carbons (Fsp3) is 0.120. The smallest absolute Gasteiger partial charge is 0.231 e. The third-order valence-corrected chi connectivity index (χ3v) is 5.69. The van der Waals surface area contributed by atoms with Gasteiger partial charge in [-0.2, -0.15) is 0 Å². The summed E-state index contributed by atoms with van der Waals surface area (Å²) in [6.45, 7) is 2.01. The Morgan fingerprint density at radius 1 is 1.00 bits per heavy atom. The van der Waals surface area contributed by atoms with E-state index in [1.54, 1.807) is 12.1 Å². The van der Waals surface area contributed by atoms with Gasteiger partial charge in [0, 0.05) is 22.3 Å². The summed E-state index contributed by atoms with van der Waals surface area (Å²) in [7, 11) is 0. The molecule has 4 rings (SSSR count). The number of benzene rings is 3. The van der Waals surface area contributed by atoms with Crippen molar-refractivity contribution in [2.45, 2.75) is 19.3 Å². The van der Waals surface area contributed by atoms with E-state index in [0.717, 1.165) is 28.9 Å². The molecule has 1 heterocycles. The number of nitrogens with zero attached hydrogens (tertiary/aromatic N) is 1. The van der Waals surface area contributed by atoms with Gasteiger partial charge in [0.1, 0.15) is 5.82 Å². The third kappa shape index (κ3) is 5.16. The van der Waals surface area contributed by atoms with Crippen molar-refractivity contribution in [3.63, 3.8) is 0 Å². The zero-order valence-corrected chi connectivity index (χ0v) is 17.8. The van der Waals surface area contributed by atoms with Crippen molar-refractivity contribution in [2.24, 2.45) is 0 Å². The van der Waals surface area contributed by atoms with Crippen LogP contribution in [0, 0.1) is 5.82 Å². The van der Waals surface area contributed by atoms with Crippen LogP contribution in [0.1, 0.15) is 24.8 Å². The Kier molecular flexibility index (Phi) is 6.38. The molecule has 1 aromatic heterocycles. The minimum absolute atomic E-state index is 0.0300. The van der Waals surface area contributed by atoms with Gasteiger partial charge in [-0.3, -0.25) is 4.79 Å². The minimum Gasteiger partial charge on any atom is -0.331 e. The molecule has 0 spiro atoms. The number of hydrogen-bond acceptors (Lipinski definition) is 4. The lowest BCUT2D eigenvalue weighted by Crippen LogP contribution is -2.20. The van der Waals surface area contributed by atoms with Gasteiger partial charge in [0.2, 0.25) is 5.91 Å². The van der Waals surface area contributed by atoms with E-state index < -0.39 is 0 Å². The highest BCUT2D eigenvalue weighted by molar-refractivity contribution is 7.14. The molecule has 1 amide bonds. The van der Waals surface area contributed by atoms with Crippen molar-refractivity contribution >= 4 is 33.8 Å². The van der Waals surface area contributed by atoms with Gasteiger partial charge in [-0.25, -0.2) is 9.37 Å². The van der Waals surface area contributed by atoms with Crippen LogP contribution in [0.25, 0.3) is 11.3 Å². The Morgan fingerprint density at radius 2 is 1.77 bits per heavy atom. The van der Waals surface area contributed by atoms with Crippen LogP contribution in [0.4, 0.5) is 20.9 Å². The molecule has 0 radical (unpaired) electrons. The van der Waals surface area contributed by atoms with Gasteiger partial charge in [0.15, 0.2) is 5.13 Å². The number of nitrogens with one attached hydrogen (secondary N) is 2. The first-order valence-electron chi connectivity index (χ1n) is 10.1. The van der Waals surface area contributed by atoms with Crippen LogP contribution >= 0.6 is 11.3 Å². The number of carbonyl (C=O) groups is 1. The first kappa shape index (κ1) is 20.8. The lowest BCUT2D eigenvalue weighted by molar-refractivity contribution is -0.117. The van der Waals surface area contributed by atoms with E-state index in [1.807, 2.05) is 66.9 Å². The molecule has 0 bridgehead atoms. The van der Waals surface area contributed by atoms with Crippen LogP contribution in [0.5, 0.6) is 0 Å². The summed E-state index contributed by atoms with van der Waals surface area (Å²) >= 11 is 1.44.